The van der Waals surface area contributed by atoms with Gasteiger partial charge in [0.1, 0.15) is 24.3 Å². The van der Waals surface area contributed by atoms with Crippen LogP contribution >= 0.6 is 0 Å². The fourth-order valence-electron chi connectivity index (χ4n) is 2.83. The molecule has 2 amide bonds. The maximum absolute atomic E-state index is 12.4. The molecule has 4 N–H and O–H groups in total. The van der Waals surface area contributed by atoms with Gasteiger partial charge in [-0.15, -0.1) is 0 Å². The Hall–Kier alpha value is -2.46. The molecule has 1 rings (SSSR count). The molecule has 4 atom stereocenters. The molecule has 0 aromatic carbocycles. The monoisotopic (exact) mass is 398 g/mol. The lowest BCUT2D eigenvalue weighted by Gasteiger charge is -2.30. The average molecular weight is 398 g/mol. The van der Waals surface area contributed by atoms with Gasteiger partial charge >= 0.3 is 11.9 Å². The van der Waals surface area contributed by atoms with Crippen LogP contribution in [0, 0.1) is 0 Å². The molecular formula is C18H30N4O6. The first-order valence-electron chi connectivity index (χ1n) is 9.31. The molecule has 28 heavy (non-hydrogen) atoms. The summed E-state index contributed by atoms with van der Waals surface area (Å²) in [5.74, 6) is -1.13. The molecule has 10 heteroatoms. The van der Waals surface area contributed by atoms with Crippen LogP contribution in [-0.4, -0.2) is 76.2 Å². The minimum atomic E-state index is -0.832. The standard InChI is InChI=1S/C18H30N4O6/c1-19-9-14(22-12-24)18(26)28-16-8-6-4-3-5-7-15(16)27-17(25)13(20-2)10-21-11-23/h3-4,11-16,19-20H,5-10H2,1-2H3,(H,21,23)(H,22,24)/b4-3-. The topological polar surface area (TPSA) is 135 Å². The third kappa shape index (κ3) is 8.05. The molecule has 10 nitrogen and oxygen atoms in total. The Morgan fingerprint density at radius 2 is 1.54 bits per heavy atom. The van der Waals surface area contributed by atoms with Crippen molar-refractivity contribution in [3.05, 3.63) is 12.2 Å². The number of rotatable bonds is 12. The average Bonchev–Trinajstić information content (AvgIpc) is 2.67. The number of esters is 2. The first-order valence-corrected chi connectivity index (χ1v) is 9.31. The van der Waals surface area contributed by atoms with E-state index in [2.05, 4.69) is 21.3 Å². The highest BCUT2D eigenvalue weighted by atomic mass is 16.6. The quantitative estimate of drug-likeness (QED) is 0.179. The lowest BCUT2D eigenvalue weighted by Crippen LogP contribution is -2.49. The first kappa shape index (κ1) is 23.6. The van der Waals surface area contributed by atoms with Crippen molar-refractivity contribution >= 4 is 24.8 Å². The Morgan fingerprint density at radius 1 is 0.964 bits per heavy atom. The van der Waals surface area contributed by atoms with Gasteiger partial charge in [-0.2, -0.15) is 0 Å². The second-order valence-electron chi connectivity index (χ2n) is 6.34. The van der Waals surface area contributed by atoms with Gasteiger partial charge in [0.05, 0.1) is 0 Å². The van der Waals surface area contributed by atoms with Crippen molar-refractivity contribution < 1.29 is 28.7 Å². The molecule has 1 aliphatic rings. The molecule has 0 aromatic rings. The van der Waals surface area contributed by atoms with E-state index in [0.717, 1.165) is 0 Å². The predicted molar refractivity (Wildman–Crippen MR) is 101 cm³/mol. The highest BCUT2D eigenvalue weighted by Gasteiger charge is 2.32. The SMILES string of the molecule is CNCC(NC=O)C(=O)OC1CC/C=C\CCC1OC(=O)C(CNC=O)NC. The van der Waals surface area contributed by atoms with Crippen molar-refractivity contribution in [1.82, 2.24) is 21.3 Å². The van der Waals surface area contributed by atoms with Gasteiger partial charge in [-0.1, -0.05) is 12.2 Å². The van der Waals surface area contributed by atoms with E-state index < -0.39 is 36.2 Å². The third-order valence-corrected chi connectivity index (χ3v) is 4.35. The van der Waals surface area contributed by atoms with Crippen LogP contribution in [0.2, 0.25) is 0 Å². The van der Waals surface area contributed by atoms with Crippen LogP contribution in [-0.2, 0) is 28.7 Å². The summed E-state index contributed by atoms with van der Waals surface area (Å²) in [6.07, 6.45) is 6.02. The maximum atomic E-state index is 12.4. The molecule has 0 fully saturated rings. The van der Waals surface area contributed by atoms with Gasteiger partial charge in [-0.05, 0) is 39.8 Å². The van der Waals surface area contributed by atoms with Crippen LogP contribution in [0.3, 0.4) is 0 Å². The molecule has 0 aliphatic heterocycles. The predicted octanol–water partition coefficient (Wildman–Crippen LogP) is -1.39. The van der Waals surface area contributed by atoms with E-state index >= 15 is 0 Å². The number of amides is 2. The van der Waals surface area contributed by atoms with Crippen molar-refractivity contribution in [3.63, 3.8) is 0 Å². The Bertz CT molecular complexity index is 542. The van der Waals surface area contributed by atoms with Crippen LogP contribution in [0.4, 0.5) is 0 Å². The summed E-state index contributed by atoms with van der Waals surface area (Å²) in [6.45, 7) is 0.303. The number of likely N-dealkylation sites (N-methyl/N-ethyl adjacent to an activating group) is 2. The fraction of sp³-hybridized carbons (Fsp3) is 0.667. The van der Waals surface area contributed by atoms with Crippen molar-refractivity contribution in [2.45, 2.75) is 50.0 Å². The molecule has 158 valence electrons. The summed E-state index contributed by atoms with van der Waals surface area (Å²) in [4.78, 5) is 46.1. The van der Waals surface area contributed by atoms with E-state index in [-0.39, 0.29) is 13.1 Å². The minimum Gasteiger partial charge on any atom is -0.457 e. The van der Waals surface area contributed by atoms with Crippen molar-refractivity contribution in [2.75, 3.05) is 27.2 Å². The second kappa shape index (κ2) is 13.7. The van der Waals surface area contributed by atoms with Crippen molar-refractivity contribution in [3.8, 4) is 0 Å². The number of nitrogens with one attached hydrogen (secondary N) is 4. The molecule has 1 aliphatic carbocycles. The molecule has 0 saturated carbocycles. The van der Waals surface area contributed by atoms with Crippen LogP contribution in [0.5, 0.6) is 0 Å². The van der Waals surface area contributed by atoms with Gasteiger partial charge in [-0.25, -0.2) is 4.79 Å². The summed E-state index contributed by atoms with van der Waals surface area (Å²) in [7, 11) is 3.24. The van der Waals surface area contributed by atoms with Crippen LogP contribution in [0.25, 0.3) is 0 Å². The Balaban J connectivity index is 2.83. The normalized spacial score (nSPS) is 22.5. The van der Waals surface area contributed by atoms with E-state index in [4.69, 9.17) is 9.47 Å². The molecular weight excluding hydrogens is 368 g/mol. The van der Waals surface area contributed by atoms with Gasteiger partial charge in [0.25, 0.3) is 0 Å². The maximum Gasteiger partial charge on any atom is 0.330 e. The van der Waals surface area contributed by atoms with E-state index in [1.807, 2.05) is 12.2 Å². The first-order chi connectivity index (χ1) is 13.6. The molecule has 0 bridgehead atoms. The van der Waals surface area contributed by atoms with Gasteiger partial charge in [0, 0.05) is 13.1 Å². The molecule has 0 heterocycles. The third-order valence-electron chi connectivity index (χ3n) is 4.35. The Morgan fingerprint density at radius 3 is 2.00 bits per heavy atom. The number of hydrogen-bond donors (Lipinski definition) is 4. The summed E-state index contributed by atoms with van der Waals surface area (Å²) < 4.78 is 11.2. The number of hydrogen-bond acceptors (Lipinski definition) is 8. The zero-order valence-electron chi connectivity index (χ0n) is 16.3. The highest BCUT2D eigenvalue weighted by molar-refractivity contribution is 5.79. The molecule has 0 radical (unpaired) electrons. The lowest BCUT2D eigenvalue weighted by molar-refractivity contribution is -0.171. The van der Waals surface area contributed by atoms with E-state index in [1.165, 1.54) is 0 Å². The summed E-state index contributed by atoms with van der Waals surface area (Å²) in [5, 5.41) is 10.5. The molecule has 0 aromatic heterocycles. The smallest absolute Gasteiger partial charge is 0.330 e. The number of carbonyl (C=O) groups is 4. The van der Waals surface area contributed by atoms with Crippen molar-refractivity contribution in [1.29, 1.82) is 0 Å². The number of carbonyl (C=O) groups excluding carboxylic acids is 4. The minimum absolute atomic E-state index is 0.0867. The zero-order valence-corrected chi connectivity index (χ0v) is 16.3. The summed E-state index contributed by atoms with van der Waals surface area (Å²) >= 11 is 0. The fourth-order valence-corrected chi connectivity index (χ4v) is 2.83. The lowest BCUT2D eigenvalue weighted by atomic mass is 9.99. The van der Waals surface area contributed by atoms with Gasteiger partial charge in [-0.3, -0.25) is 14.4 Å². The zero-order chi connectivity index (χ0) is 20.8. The number of ether oxygens (including phenoxy) is 2. The van der Waals surface area contributed by atoms with Crippen LogP contribution < -0.4 is 21.3 Å². The summed E-state index contributed by atoms with van der Waals surface area (Å²) in [6, 6.07) is -1.54. The summed E-state index contributed by atoms with van der Waals surface area (Å²) in [5.41, 5.74) is 0. The number of allylic oxidation sites excluding steroid dienone is 2. The molecule has 4 unspecified atom stereocenters. The second-order valence-corrected chi connectivity index (χ2v) is 6.34. The van der Waals surface area contributed by atoms with Crippen LogP contribution in [0.15, 0.2) is 12.2 Å². The van der Waals surface area contributed by atoms with E-state index in [0.29, 0.717) is 38.5 Å². The van der Waals surface area contributed by atoms with Gasteiger partial charge in [0.2, 0.25) is 12.8 Å². The molecule has 0 saturated heterocycles. The van der Waals surface area contributed by atoms with Gasteiger partial charge < -0.3 is 30.7 Å². The highest BCUT2D eigenvalue weighted by Crippen LogP contribution is 2.20. The largest absolute Gasteiger partial charge is 0.457 e. The Kier molecular flexibility index (Phi) is 11.5. The van der Waals surface area contributed by atoms with Crippen LogP contribution in [0.1, 0.15) is 25.7 Å². The molecule has 0 spiro atoms. The van der Waals surface area contributed by atoms with Gasteiger partial charge in [0.15, 0.2) is 0 Å². The van der Waals surface area contributed by atoms with E-state index in [9.17, 15) is 19.2 Å². The van der Waals surface area contributed by atoms with Crippen molar-refractivity contribution in [2.24, 2.45) is 0 Å². The Labute approximate surface area is 164 Å². The van der Waals surface area contributed by atoms with E-state index in [1.54, 1.807) is 14.1 Å².